The number of aryl methyl sites for hydroxylation is 2. The van der Waals surface area contributed by atoms with Crippen LogP contribution in [0.2, 0.25) is 0 Å². The van der Waals surface area contributed by atoms with E-state index in [1.54, 1.807) is 0 Å². The molecule has 0 aliphatic carbocycles. The minimum Gasteiger partial charge on any atom is -0.339 e. The van der Waals surface area contributed by atoms with Gasteiger partial charge in [0.1, 0.15) is 0 Å². The molecule has 1 unspecified atom stereocenters. The van der Waals surface area contributed by atoms with E-state index >= 15 is 0 Å². The molecule has 0 N–H and O–H groups in total. The first kappa shape index (κ1) is 18.4. The summed E-state index contributed by atoms with van der Waals surface area (Å²) in [5, 5.41) is 4.16. The molecule has 1 amide bonds. The number of anilines is 1. The van der Waals surface area contributed by atoms with E-state index in [1.807, 2.05) is 36.1 Å². The molecular formula is C23H25N3O2. The highest BCUT2D eigenvalue weighted by molar-refractivity contribution is 5.96. The molecule has 1 atom stereocenters. The average molecular weight is 375 g/mol. The highest BCUT2D eigenvalue weighted by Crippen LogP contribution is 2.33. The summed E-state index contributed by atoms with van der Waals surface area (Å²) in [5.41, 5.74) is 5.46. The second-order valence-electron chi connectivity index (χ2n) is 7.93. The number of amides is 1. The van der Waals surface area contributed by atoms with E-state index in [0.717, 1.165) is 16.8 Å². The quantitative estimate of drug-likeness (QED) is 0.644. The predicted molar refractivity (Wildman–Crippen MR) is 109 cm³/mol. The van der Waals surface area contributed by atoms with E-state index in [4.69, 9.17) is 4.52 Å². The van der Waals surface area contributed by atoms with Gasteiger partial charge in [0.15, 0.2) is 0 Å². The topological polar surface area (TPSA) is 59.2 Å². The largest absolute Gasteiger partial charge is 0.339 e. The number of rotatable bonds is 4. The van der Waals surface area contributed by atoms with Crippen molar-refractivity contribution in [2.45, 2.75) is 46.0 Å². The van der Waals surface area contributed by atoms with E-state index < -0.39 is 0 Å². The van der Waals surface area contributed by atoms with Gasteiger partial charge in [-0.2, -0.15) is 4.98 Å². The van der Waals surface area contributed by atoms with Gasteiger partial charge in [-0.05, 0) is 43.0 Å². The molecule has 1 aliphatic rings. The van der Waals surface area contributed by atoms with Crippen molar-refractivity contribution in [3.8, 4) is 11.4 Å². The van der Waals surface area contributed by atoms with Gasteiger partial charge in [0.25, 0.3) is 0 Å². The van der Waals surface area contributed by atoms with Crippen LogP contribution in [0.4, 0.5) is 5.69 Å². The van der Waals surface area contributed by atoms with Crippen LogP contribution in [0.5, 0.6) is 0 Å². The van der Waals surface area contributed by atoms with Gasteiger partial charge in [0.05, 0.1) is 5.92 Å². The van der Waals surface area contributed by atoms with Gasteiger partial charge in [-0.3, -0.25) is 4.79 Å². The van der Waals surface area contributed by atoms with Crippen LogP contribution in [0, 0.1) is 13.8 Å². The SMILES string of the molecule is Cc1ccc(-c2noc(C3CC(=O)N(c4ccc(C(C)C)cc4)C3)n2)c(C)c1. The number of hydrogen-bond acceptors (Lipinski definition) is 4. The van der Waals surface area contributed by atoms with Crippen molar-refractivity contribution in [3.05, 3.63) is 65.0 Å². The molecule has 2 aromatic carbocycles. The fourth-order valence-electron chi connectivity index (χ4n) is 3.74. The summed E-state index contributed by atoms with van der Waals surface area (Å²) in [6.45, 7) is 8.99. The van der Waals surface area contributed by atoms with Crippen LogP contribution in [0.3, 0.4) is 0 Å². The van der Waals surface area contributed by atoms with Gasteiger partial charge in [-0.1, -0.05) is 54.9 Å². The number of carbonyl (C=O) groups is 1. The van der Waals surface area contributed by atoms with E-state index in [0.29, 0.717) is 30.6 Å². The van der Waals surface area contributed by atoms with Crippen molar-refractivity contribution in [2.75, 3.05) is 11.4 Å². The Labute approximate surface area is 165 Å². The minimum atomic E-state index is -0.0794. The molecule has 5 nitrogen and oxygen atoms in total. The van der Waals surface area contributed by atoms with Crippen molar-refractivity contribution in [1.29, 1.82) is 0 Å². The van der Waals surface area contributed by atoms with Crippen LogP contribution in [-0.4, -0.2) is 22.6 Å². The van der Waals surface area contributed by atoms with Crippen LogP contribution < -0.4 is 4.90 Å². The number of hydrogen-bond donors (Lipinski definition) is 0. The maximum atomic E-state index is 12.6. The molecular weight excluding hydrogens is 350 g/mol. The lowest BCUT2D eigenvalue weighted by Gasteiger charge is -2.17. The van der Waals surface area contributed by atoms with Crippen molar-refractivity contribution in [3.63, 3.8) is 0 Å². The normalized spacial score (nSPS) is 17.0. The number of aromatic nitrogens is 2. The zero-order chi connectivity index (χ0) is 19.8. The van der Waals surface area contributed by atoms with Crippen molar-refractivity contribution < 1.29 is 9.32 Å². The summed E-state index contributed by atoms with van der Waals surface area (Å²) in [6, 6.07) is 14.4. The summed E-state index contributed by atoms with van der Waals surface area (Å²) < 4.78 is 5.53. The molecule has 5 heteroatoms. The standard InChI is InChI=1S/C23H25N3O2/c1-14(2)17-6-8-19(9-7-17)26-13-18(12-21(26)27)23-24-22(25-28-23)20-10-5-15(3)11-16(20)4/h5-11,14,18H,12-13H2,1-4H3. The fourth-order valence-corrected chi connectivity index (χ4v) is 3.74. The van der Waals surface area contributed by atoms with Crippen LogP contribution in [0.25, 0.3) is 11.4 Å². The molecule has 0 bridgehead atoms. The zero-order valence-electron chi connectivity index (χ0n) is 16.8. The van der Waals surface area contributed by atoms with E-state index in [-0.39, 0.29) is 11.8 Å². The lowest BCUT2D eigenvalue weighted by atomic mass is 10.0. The highest BCUT2D eigenvalue weighted by atomic mass is 16.5. The molecule has 0 spiro atoms. The van der Waals surface area contributed by atoms with Crippen molar-refractivity contribution in [2.24, 2.45) is 0 Å². The third kappa shape index (κ3) is 3.44. The first-order valence-corrected chi connectivity index (χ1v) is 9.74. The monoisotopic (exact) mass is 375 g/mol. The van der Waals surface area contributed by atoms with Crippen LogP contribution >= 0.6 is 0 Å². The molecule has 1 aromatic heterocycles. The Kier molecular flexibility index (Phi) is 4.75. The highest BCUT2D eigenvalue weighted by Gasteiger charge is 2.35. The van der Waals surface area contributed by atoms with Gasteiger partial charge in [-0.15, -0.1) is 0 Å². The Morgan fingerprint density at radius 2 is 1.86 bits per heavy atom. The second-order valence-corrected chi connectivity index (χ2v) is 7.93. The molecule has 2 heterocycles. The summed E-state index contributed by atoms with van der Waals surface area (Å²) in [7, 11) is 0. The summed E-state index contributed by atoms with van der Waals surface area (Å²) in [6.07, 6.45) is 0.389. The Balaban J connectivity index is 1.53. The Morgan fingerprint density at radius 3 is 2.54 bits per heavy atom. The molecule has 1 aliphatic heterocycles. The van der Waals surface area contributed by atoms with Gasteiger partial charge in [0.2, 0.25) is 17.6 Å². The predicted octanol–water partition coefficient (Wildman–Crippen LogP) is 5.00. The van der Waals surface area contributed by atoms with Gasteiger partial charge < -0.3 is 9.42 Å². The number of carbonyl (C=O) groups excluding carboxylic acids is 1. The molecule has 1 fully saturated rings. The molecule has 4 rings (SSSR count). The average Bonchev–Trinajstić information content (AvgIpc) is 3.29. The van der Waals surface area contributed by atoms with E-state index in [1.165, 1.54) is 11.1 Å². The maximum absolute atomic E-state index is 12.6. The van der Waals surface area contributed by atoms with Crippen molar-refractivity contribution in [1.82, 2.24) is 10.1 Å². The van der Waals surface area contributed by atoms with Crippen LogP contribution in [0.1, 0.15) is 54.7 Å². The second kappa shape index (κ2) is 7.23. The lowest BCUT2D eigenvalue weighted by Crippen LogP contribution is -2.24. The molecule has 0 radical (unpaired) electrons. The molecule has 144 valence electrons. The molecule has 1 saturated heterocycles. The minimum absolute atomic E-state index is 0.0794. The van der Waals surface area contributed by atoms with Gasteiger partial charge in [0, 0.05) is 24.2 Å². The number of benzene rings is 2. The van der Waals surface area contributed by atoms with E-state index in [9.17, 15) is 4.79 Å². The van der Waals surface area contributed by atoms with Crippen LogP contribution in [0.15, 0.2) is 47.0 Å². The molecule has 3 aromatic rings. The summed E-state index contributed by atoms with van der Waals surface area (Å²) >= 11 is 0. The van der Waals surface area contributed by atoms with Crippen molar-refractivity contribution >= 4 is 11.6 Å². The third-order valence-electron chi connectivity index (χ3n) is 5.41. The Morgan fingerprint density at radius 1 is 1.11 bits per heavy atom. The smallest absolute Gasteiger partial charge is 0.232 e. The fraction of sp³-hybridized carbons (Fsp3) is 0.348. The molecule has 28 heavy (non-hydrogen) atoms. The number of nitrogens with zero attached hydrogens (tertiary/aromatic N) is 3. The Hall–Kier alpha value is -2.95. The summed E-state index contributed by atoms with van der Waals surface area (Å²) in [5.74, 6) is 1.60. The van der Waals surface area contributed by atoms with Gasteiger partial charge >= 0.3 is 0 Å². The summed E-state index contributed by atoms with van der Waals surface area (Å²) in [4.78, 5) is 19.0. The van der Waals surface area contributed by atoms with Crippen LogP contribution in [-0.2, 0) is 4.79 Å². The third-order valence-corrected chi connectivity index (χ3v) is 5.41. The maximum Gasteiger partial charge on any atom is 0.232 e. The zero-order valence-corrected chi connectivity index (χ0v) is 16.8. The first-order valence-electron chi connectivity index (χ1n) is 9.74. The molecule has 0 saturated carbocycles. The van der Waals surface area contributed by atoms with E-state index in [2.05, 4.69) is 49.1 Å². The first-order chi connectivity index (χ1) is 13.4. The lowest BCUT2D eigenvalue weighted by molar-refractivity contribution is -0.117. The Bertz CT molecular complexity index is 1000. The van der Waals surface area contributed by atoms with Gasteiger partial charge in [-0.25, -0.2) is 0 Å².